The highest BCUT2D eigenvalue weighted by Gasteiger charge is 2.08. The van der Waals surface area contributed by atoms with E-state index in [2.05, 4.69) is 15.7 Å². The monoisotopic (exact) mass is 272 g/mol. The molecule has 6 nitrogen and oxygen atoms in total. The van der Waals surface area contributed by atoms with E-state index >= 15 is 0 Å². The largest absolute Gasteiger partial charge is 0.457 e. The number of nitrogens with two attached hydrogens (primary N) is 1. The highest BCUT2D eigenvalue weighted by molar-refractivity contribution is 5.92. The summed E-state index contributed by atoms with van der Waals surface area (Å²) in [6.45, 7) is 1.93. The Morgan fingerprint density at radius 1 is 1.30 bits per heavy atom. The van der Waals surface area contributed by atoms with E-state index < -0.39 is 0 Å². The first kappa shape index (κ1) is 13.8. The molecule has 0 saturated carbocycles. The van der Waals surface area contributed by atoms with Crippen molar-refractivity contribution in [2.24, 2.45) is 5.84 Å². The van der Waals surface area contributed by atoms with Crippen molar-refractivity contribution >= 4 is 11.6 Å². The van der Waals surface area contributed by atoms with Crippen LogP contribution in [0.25, 0.3) is 0 Å². The van der Waals surface area contributed by atoms with Gasteiger partial charge in [0.1, 0.15) is 17.2 Å². The predicted molar refractivity (Wildman–Crippen MR) is 76.7 cm³/mol. The number of pyridine rings is 1. The molecule has 0 atom stereocenters. The number of anilines is 1. The Morgan fingerprint density at radius 2 is 2.10 bits per heavy atom. The Labute approximate surface area is 116 Å². The molecule has 1 aromatic carbocycles. The SMILES string of the molecule is CNC(=O)c1cc(Oc2cc(NN)ccc2C)ccn1. The molecule has 6 heteroatoms. The Balaban J connectivity index is 2.28. The first-order chi connectivity index (χ1) is 9.63. The first-order valence-corrected chi connectivity index (χ1v) is 6.07. The summed E-state index contributed by atoms with van der Waals surface area (Å²) < 4.78 is 5.77. The lowest BCUT2D eigenvalue weighted by molar-refractivity contribution is 0.0958. The molecule has 1 amide bonds. The maximum atomic E-state index is 11.5. The Hall–Kier alpha value is -2.60. The number of aromatic nitrogens is 1. The summed E-state index contributed by atoms with van der Waals surface area (Å²) in [5.74, 6) is 6.32. The van der Waals surface area contributed by atoms with Crippen molar-refractivity contribution in [3.63, 3.8) is 0 Å². The molecule has 0 aliphatic heterocycles. The molecule has 0 saturated heterocycles. The number of amides is 1. The van der Waals surface area contributed by atoms with Gasteiger partial charge in [-0.05, 0) is 24.6 Å². The summed E-state index contributed by atoms with van der Waals surface area (Å²) in [5, 5.41) is 2.52. The van der Waals surface area contributed by atoms with Crippen LogP contribution >= 0.6 is 0 Å². The average Bonchev–Trinajstić information content (AvgIpc) is 2.49. The minimum atomic E-state index is -0.260. The predicted octanol–water partition coefficient (Wildman–Crippen LogP) is 1.83. The molecule has 0 spiro atoms. The zero-order chi connectivity index (χ0) is 14.5. The van der Waals surface area contributed by atoms with Gasteiger partial charge in [0, 0.05) is 25.4 Å². The molecule has 0 radical (unpaired) electrons. The summed E-state index contributed by atoms with van der Waals surface area (Å²) in [5.41, 5.74) is 4.57. The van der Waals surface area contributed by atoms with Gasteiger partial charge in [-0.2, -0.15) is 0 Å². The number of nitrogens with one attached hydrogen (secondary N) is 2. The van der Waals surface area contributed by atoms with Gasteiger partial charge in [-0.3, -0.25) is 15.6 Å². The standard InChI is InChI=1S/C14H16N4O2/c1-9-3-4-10(18-15)7-13(9)20-11-5-6-17-12(8-11)14(19)16-2/h3-8,18H,15H2,1-2H3,(H,16,19). The molecule has 0 bridgehead atoms. The second-order valence-corrected chi connectivity index (χ2v) is 4.18. The van der Waals surface area contributed by atoms with Crippen LogP contribution < -0.4 is 21.3 Å². The molecule has 0 aliphatic rings. The van der Waals surface area contributed by atoms with Crippen LogP contribution in [0.2, 0.25) is 0 Å². The van der Waals surface area contributed by atoms with Gasteiger partial charge in [-0.1, -0.05) is 6.07 Å². The Bertz CT molecular complexity index is 628. The van der Waals surface area contributed by atoms with Crippen molar-refractivity contribution in [3.05, 3.63) is 47.8 Å². The fraction of sp³-hybridized carbons (Fsp3) is 0.143. The molecule has 1 heterocycles. The van der Waals surface area contributed by atoms with Crippen LogP contribution in [0.1, 0.15) is 16.1 Å². The van der Waals surface area contributed by atoms with Gasteiger partial charge in [0.05, 0.1) is 5.69 Å². The van der Waals surface area contributed by atoms with E-state index in [1.54, 1.807) is 25.2 Å². The number of nitrogens with zero attached hydrogens (tertiary/aromatic N) is 1. The van der Waals surface area contributed by atoms with Crippen LogP contribution in [0.3, 0.4) is 0 Å². The van der Waals surface area contributed by atoms with Gasteiger partial charge in [-0.15, -0.1) is 0 Å². The van der Waals surface area contributed by atoms with Gasteiger partial charge in [0.2, 0.25) is 0 Å². The van der Waals surface area contributed by atoms with Crippen LogP contribution in [-0.4, -0.2) is 17.9 Å². The van der Waals surface area contributed by atoms with E-state index in [1.165, 1.54) is 6.20 Å². The smallest absolute Gasteiger partial charge is 0.269 e. The molecule has 2 rings (SSSR count). The molecule has 1 aromatic heterocycles. The first-order valence-electron chi connectivity index (χ1n) is 6.07. The molecule has 2 aromatic rings. The van der Waals surface area contributed by atoms with E-state index in [9.17, 15) is 4.79 Å². The molecular formula is C14H16N4O2. The number of benzene rings is 1. The molecular weight excluding hydrogens is 256 g/mol. The van der Waals surface area contributed by atoms with E-state index in [0.29, 0.717) is 17.2 Å². The van der Waals surface area contributed by atoms with E-state index in [0.717, 1.165) is 11.3 Å². The third kappa shape index (κ3) is 3.04. The number of hydrogen-bond donors (Lipinski definition) is 3. The number of hydrogen-bond acceptors (Lipinski definition) is 5. The zero-order valence-electron chi connectivity index (χ0n) is 11.3. The van der Waals surface area contributed by atoms with Crippen molar-refractivity contribution < 1.29 is 9.53 Å². The normalized spacial score (nSPS) is 9.95. The quantitative estimate of drug-likeness (QED) is 0.583. The summed E-state index contributed by atoms with van der Waals surface area (Å²) in [6.07, 6.45) is 1.53. The highest BCUT2D eigenvalue weighted by Crippen LogP contribution is 2.27. The summed E-state index contributed by atoms with van der Waals surface area (Å²) in [4.78, 5) is 15.5. The molecule has 0 aliphatic carbocycles. The van der Waals surface area contributed by atoms with Crippen LogP contribution in [0.4, 0.5) is 5.69 Å². The summed E-state index contributed by atoms with van der Waals surface area (Å²) in [7, 11) is 1.55. The third-order valence-corrected chi connectivity index (χ3v) is 2.77. The van der Waals surface area contributed by atoms with E-state index in [-0.39, 0.29) is 5.91 Å². The van der Waals surface area contributed by atoms with E-state index in [1.807, 2.05) is 19.1 Å². The van der Waals surface area contributed by atoms with Crippen LogP contribution in [0.15, 0.2) is 36.5 Å². The molecule has 0 unspecified atom stereocenters. The minimum Gasteiger partial charge on any atom is -0.457 e. The number of hydrazine groups is 1. The number of rotatable bonds is 4. The van der Waals surface area contributed by atoms with Crippen LogP contribution in [-0.2, 0) is 0 Å². The van der Waals surface area contributed by atoms with Crippen LogP contribution in [0.5, 0.6) is 11.5 Å². The van der Waals surface area contributed by atoms with Gasteiger partial charge in [0.25, 0.3) is 5.91 Å². The van der Waals surface area contributed by atoms with E-state index in [4.69, 9.17) is 10.6 Å². The number of ether oxygens (including phenoxy) is 1. The zero-order valence-corrected chi connectivity index (χ0v) is 11.3. The fourth-order valence-corrected chi connectivity index (χ4v) is 1.65. The molecule has 0 fully saturated rings. The van der Waals surface area contributed by atoms with Crippen molar-refractivity contribution in [1.82, 2.24) is 10.3 Å². The highest BCUT2D eigenvalue weighted by atomic mass is 16.5. The number of carbonyl (C=O) groups excluding carboxylic acids is 1. The van der Waals surface area contributed by atoms with Gasteiger partial charge < -0.3 is 15.5 Å². The molecule has 4 N–H and O–H groups in total. The summed E-state index contributed by atoms with van der Waals surface area (Å²) >= 11 is 0. The molecule has 20 heavy (non-hydrogen) atoms. The van der Waals surface area contributed by atoms with Crippen molar-refractivity contribution in [2.45, 2.75) is 6.92 Å². The lowest BCUT2D eigenvalue weighted by atomic mass is 10.2. The second-order valence-electron chi connectivity index (χ2n) is 4.18. The maximum Gasteiger partial charge on any atom is 0.269 e. The lowest BCUT2D eigenvalue weighted by Crippen LogP contribution is -2.18. The number of carbonyl (C=O) groups is 1. The average molecular weight is 272 g/mol. The summed E-state index contributed by atoms with van der Waals surface area (Å²) in [6, 6.07) is 8.81. The minimum absolute atomic E-state index is 0.260. The van der Waals surface area contributed by atoms with Crippen molar-refractivity contribution in [2.75, 3.05) is 12.5 Å². The Morgan fingerprint density at radius 3 is 2.80 bits per heavy atom. The van der Waals surface area contributed by atoms with Gasteiger partial charge in [-0.25, -0.2) is 0 Å². The van der Waals surface area contributed by atoms with Gasteiger partial charge in [0.15, 0.2) is 0 Å². The van der Waals surface area contributed by atoms with Crippen molar-refractivity contribution in [3.8, 4) is 11.5 Å². The fourth-order valence-electron chi connectivity index (χ4n) is 1.65. The van der Waals surface area contributed by atoms with Crippen LogP contribution in [0, 0.1) is 6.92 Å². The second kappa shape index (κ2) is 6.03. The number of aryl methyl sites for hydroxylation is 1. The Kier molecular flexibility index (Phi) is 4.17. The molecule has 104 valence electrons. The van der Waals surface area contributed by atoms with Crippen molar-refractivity contribution in [1.29, 1.82) is 0 Å². The number of nitrogen functional groups attached to an aromatic ring is 1. The maximum absolute atomic E-state index is 11.5. The third-order valence-electron chi connectivity index (χ3n) is 2.77. The lowest BCUT2D eigenvalue weighted by Gasteiger charge is -2.11. The topological polar surface area (TPSA) is 89.3 Å². The van der Waals surface area contributed by atoms with Gasteiger partial charge >= 0.3 is 0 Å².